The average Bonchev–Trinajstić information content (AvgIpc) is 3.20. The van der Waals surface area contributed by atoms with E-state index in [0.717, 1.165) is 22.6 Å². The van der Waals surface area contributed by atoms with E-state index in [2.05, 4.69) is 5.32 Å². The van der Waals surface area contributed by atoms with Gasteiger partial charge in [0.05, 0.1) is 0 Å². The van der Waals surface area contributed by atoms with E-state index in [1.54, 1.807) is 6.08 Å². The molecular weight excluding hydrogens is 354 g/mol. The molecule has 0 atom stereocenters. The summed E-state index contributed by atoms with van der Waals surface area (Å²) in [5.74, 6) is 1.94. The first-order valence-electron chi connectivity index (χ1n) is 8.92. The standard InChI is InChI=1S/C23H19NO4/c25-23(13-7-17-6-12-21-22(14-17)28-16-27-21)24-19-8-10-20(11-9-19)26-15-18-4-2-1-3-5-18/h1-14H,15-16H2,(H,24,25). The van der Waals surface area contributed by atoms with Gasteiger partial charge >= 0.3 is 0 Å². The molecule has 0 aliphatic carbocycles. The van der Waals surface area contributed by atoms with E-state index in [4.69, 9.17) is 14.2 Å². The van der Waals surface area contributed by atoms with Crippen molar-refractivity contribution in [2.45, 2.75) is 6.61 Å². The summed E-state index contributed by atoms with van der Waals surface area (Å²) in [5.41, 5.74) is 2.67. The van der Waals surface area contributed by atoms with Crippen LogP contribution < -0.4 is 19.5 Å². The lowest BCUT2D eigenvalue weighted by atomic mass is 10.2. The number of benzene rings is 3. The van der Waals surface area contributed by atoms with Crippen molar-refractivity contribution in [2.24, 2.45) is 0 Å². The lowest BCUT2D eigenvalue weighted by Crippen LogP contribution is -2.07. The number of hydrogen-bond donors (Lipinski definition) is 1. The maximum absolute atomic E-state index is 12.1. The highest BCUT2D eigenvalue weighted by Crippen LogP contribution is 2.32. The van der Waals surface area contributed by atoms with E-state index in [1.165, 1.54) is 6.08 Å². The van der Waals surface area contributed by atoms with Gasteiger partial charge in [-0.3, -0.25) is 4.79 Å². The molecule has 5 heteroatoms. The van der Waals surface area contributed by atoms with Crippen LogP contribution in [-0.4, -0.2) is 12.7 Å². The predicted molar refractivity (Wildman–Crippen MR) is 107 cm³/mol. The third-order valence-corrected chi connectivity index (χ3v) is 4.19. The molecule has 1 heterocycles. The van der Waals surface area contributed by atoms with Crippen LogP contribution in [-0.2, 0) is 11.4 Å². The maximum atomic E-state index is 12.1. The average molecular weight is 373 g/mol. The summed E-state index contributed by atoms with van der Waals surface area (Å²) in [7, 11) is 0. The molecule has 1 N–H and O–H groups in total. The molecule has 0 aromatic heterocycles. The van der Waals surface area contributed by atoms with Gasteiger partial charge in [0.2, 0.25) is 12.7 Å². The van der Waals surface area contributed by atoms with E-state index in [9.17, 15) is 4.79 Å². The first-order valence-corrected chi connectivity index (χ1v) is 8.92. The van der Waals surface area contributed by atoms with Gasteiger partial charge in [-0.15, -0.1) is 0 Å². The summed E-state index contributed by atoms with van der Waals surface area (Å²) in [6.45, 7) is 0.735. The number of ether oxygens (including phenoxy) is 3. The zero-order valence-corrected chi connectivity index (χ0v) is 15.1. The SMILES string of the molecule is O=C(C=Cc1ccc2c(c1)OCO2)Nc1ccc(OCc2ccccc2)cc1. The second-order valence-electron chi connectivity index (χ2n) is 6.23. The molecule has 1 aliphatic heterocycles. The van der Waals surface area contributed by atoms with Crippen molar-refractivity contribution >= 4 is 17.7 Å². The molecule has 0 saturated heterocycles. The summed E-state index contributed by atoms with van der Waals surface area (Å²) in [6.07, 6.45) is 3.21. The van der Waals surface area contributed by atoms with Crippen LogP contribution in [0.25, 0.3) is 6.08 Å². The fourth-order valence-corrected chi connectivity index (χ4v) is 2.75. The minimum atomic E-state index is -0.212. The third-order valence-electron chi connectivity index (χ3n) is 4.19. The zero-order chi connectivity index (χ0) is 19.2. The highest BCUT2D eigenvalue weighted by atomic mass is 16.7. The Kier molecular flexibility index (Phi) is 5.24. The zero-order valence-electron chi connectivity index (χ0n) is 15.1. The molecule has 0 fully saturated rings. The number of rotatable bonds is 6. The molecule has 1 aliphatic rings. The maximum Gasteiger partial charge on any atom is 0.248 e. The van der Waals surface area contributed by atoms with Crippen LogP contribution in [0.3, 0.4) is 0 Å². The lowest BCUT2D eigenvalue weighted by molar-refractivity contribution is -0.111. The lowest BCUT2D eigenvalue weighted by Gasteiger charge is -2.07. The van der Waals surface area contributed by atoms with Crippen molar-refractivity contribution in [2.75, 3.05) is 12.1 Å². The largest absolute Gasteiger partial charge is 0.489 e. The molecule has 0 unspecified atom stereocenters. The molecule has 0 saturated carbocycles. The molecule has 0 spiro atoms. The van der Waals surface area contributed by atoms with Gasteiger partial charge in [0.1, 0.15) is 12.4 Å². The molecular formula is C23H19NO4. The van der Waals surface area contributed by atoms with E-state index in [-0.39, 0.29) is 12.7 Å². The Morgan fingerprint density at radius 1 is 0.964 bits per heavy atom. The number of nitrogens with one attached hydrogen (secondary N) is 1. The molecule has 140 valence electrons. The number of anilines is 1. The summed E-state index contributed by atoms with van der Waals surface area (Å²) in [6, 6.07) is 22.8. The number of carbonyl (C=O) groups is 1. The Labute approximate surface area is 163 Å². The highest BCUT2D eigenvalue weighted by molar-refractivity contribution is 6.02. The van der Waals surface area contributed by atoms with Crippen molar-refractivity contribution in [3.05, 3.63) is 90.0 Å². The van der Waals surface area contributed by atoms with Crippen molar-refractivity contribution in [1.82, 2.24) is 0 Å². The van der Waals surface area contributed by atoms with E-state index in [1.807, 2.05) is 72.8 Å². The Bertz CT molecular complexity index is 981. The van der Waals surface area contributed by atoms with E-state index >= 15 is 0 Å². The first-order chi connectivity index (χ1) is 13.8. The van der Waals surface area contributed by atoms with Gasteiger partial charge in [0.25, 0.3) is 0 Å². The Balaban J connectivity index is 1.30. The van der Waals surface area contributed by atoms with Gasteiger partial charge in [-0.05, 0) is 53.6 Å². The quantitative estimate of drug-likeness (QED) is 0.639. The minimum absolute atomic E-state index is 0.212. The number of fused-ring (bicyclic) bond motifs is 1. The number of hydrogen-bond acceptors (Lipinski definition) is 4. The van der Waals surface area contributed by atoms with E-state index < -0.39 is 0 Å². The number of carbonyl (C=O) groups excluding carboxylic acids is 1. The molecule has 28 heavy (non-hydrogen) atoms. The normalized spacial score (nSPS) is 12.1. The first kappa shape index (κ1) is 17.7. The van der Waals surface area contributed by atoms with Crippen LogP contribution in [0.2, 0.25) is 0 Å². The Morgan fingerprint density at radius 2 is 1.75 bits per heavy atom. The highest BCUT2D eigenvalue weighted by Gasteiger charge is 2.12. The predicted octanol–water partition coefficient (Wildman–Crippen LogP) is 4.65. The fraction of sp³-hybridized carbons (Fsp3) is 0.0870. The summed E-state index contributed by atoms with van der Waals surface area (Å²) in [5, 5.41) is 2.83. The van der Waals surface area contributed by atoms with Gasteiger partial charge in [0, 0.05) is 11.8 Å². The molecule has 1 amide bonds. The Hall–Kier alpha value is -3.73. The molecule has 0 radical (unpaired) electrons. The van der Waals surface area contributed by atoms with Crippen LogP contribution in [0, 0.1) is 0 Å². The van der Waals surface area contributed by atoms with Gasteiger partial charge in [-0.25, -0.2) is 0 Å². The second-order valence-corrected chi connectivity index (χ2v) is 6.23. The van der Waals surface area contributed by atoms with Crippen molar-refractivity contribution in [3.8, 4) is 17.2 Å². The van der Waals surface area contributed by atoms with Crippen molar-refractivity contribution in [3.63, 3.8) is 0 Å². The Morgan fingerprint density at radius 3 is 2.57 bits per heavy atom. The van der Waals surface area contributed by atoms with Crippen LogP contribution in [0.1, 0.15) is 11.1 Å². The van der Waals surface area contributed by atoms with Gasteiger partial charge in [-0.1, -0.05) is 36.4 Å². The minimum Gasteiger partial charge on any atom is -0.489 e. The fourth-order valence-electron chi connectivity index (χ4n) is 2.75. The van der Waals surface area contributed by atoms with Crippen molar-refractivity contribution < 1.29 is 19.0 Å². The van der Waals surface area contributed by atoms with Crippen LogP contribution in [0.15, 0.2) is 78.9 Å². The second kappa shape index (κ2) is 8.31. The summed E-state index contributed by atoms with van der Waals surface area (Å²) < 4.78 is 16.4. The summed E-state index contributed by atoms with van der Waals surface area (Å²) in [4.78, 5) is 12.1. The van der Waals surface area contributed by atoms with Crippen LogP contribution in [0.4, 0.5) is 5.69 Å². The van der Waals surface area contributed by atoms with Crippen LogP contribution in [0.5, 0.6) is 17.2 Å². The van der Waals surface area contributed by atoms with Gasteiger partial charge in [-0.2, -0.15) is 0 Å². The number of amides is 1. The van der Waals surface area contributed by atoms with E-state index in [0.29, 0.717) is 18.0 Å². The monoisotopic (exact) mass is 373 g/mol. The molecule has 3 aromatic carbocycles. The summed E-state index contributed by atoms with van der Waals surface area (Å²) >= 11 is 0. The van der Waals surface area contributed by atoms with Gasteiger partial charge < -0.3 is 19.5 Å². The van der Waals surface area contributed by atoms with Gasteiger partial charge in [0.15, 0.2) is 11.5 Å². The van der Waals surface area contributed by atoms with Crippen LogP contribution >= 0.6 is 0 Å². The molecule has 3 aromatic rings. The van der Waals surface area contributed by atoms with Crippen molar-refractivity contribution in [1.29, 1.82) is 0 Å². The molecule has 0 bridgehead atoms. The smallest absolute Gasteiger partial charge is 0.248 e. The molecule has 4 rings (SSSR count). The topological polar surface area (TPSA) is 56.8 Å². The third kappa shape index (κ3) is 4.51. The molecule has 5 nitrogen and oxygen atoms in total.